The fourth-order valence-electron chi connectivity index (χ4n) is 1.50. The molecule has 19 heavy (non-hydrogen) atoms. The van der Waals surface area contributed by atoms with E-state index in [-0.39, 0.29) is 17.9 Å². The Kier molecular flexibility index (Phi) is 5.82. The third-order valence-electron chi connectivity index (χ3n) is 2.53. The van der Waals surface area contributed by atoms with Crippen LogP contribution >= 0.6 is 15.9 Å². The molecule has 0 fully saturated rings. The first kappa shape index (κ1) is 16.0. The number of carbonyl (C=O) groups excluding carboxylic acids is 1. The summed E-state index contributed by atoms with van der Waals surface area (Å²) in [6.07, 6.45) is 0.0794. The molecule has 0 saturated heterocycles. The Morgan fingerprint density at radius 2 is 1.89 bits per heavy atom. The van der Waals surface area contributed by atoms with Crippen molar-refractivity contribution in [2.45, 2.75) is 39.8 Å². The SMILES string of the molecule is CC(C)Oc1cc(Br)cc(NC(=O)[C@@H](N)C(C)C)c1. The minimum absolute atomic E-state index is 0.0794. The summed E-state index contributed by atoms with van der Waals surface area (Å²) in [5, 5.41) is 2.80. The summed E-state index contributed by atoms with van der Waals surface area (Å²) in [5.74, 6) is 0.611. The van der Waals surface area contributed by atoms with Crippen LogP contribution in [0.1, 0.15) is 27.7 Å². The maximum atomic E-state index is 11.9. The van der Waals surface area contributed by atoms with Crippen LogP contribution in [0.15, 0.2) is 22.7 Å². The molecule has 0 aliphatic carbocycles. The van der Waals surface area contributed by atoms with E-state index in [1.54, 1.807) is 6.07 Å². The molecule has 0 aromatic heterocycles. The van der Waals surface area contributed by atoms with E-state index in [0.29, 0.717) is 11.4 Å². The molecule has 1 aromatic rings. The lowest BCUT2D eigenvalue weighted by Gasteiger charge is -2.16. The quantitative estimate of drug-likeness (QED) is 0.872. The number of amides is 1. The molecule has 0 aliphatic heterocycles. The number of ether oxygens (including phenoxy) is 1. The van der Waals surface area contributed by atoms with Gasteiger partial charge in [0.2, 0.25) is 5.91 Å². The van der Waals surface area contributed by atoms with Crippen molar-refractivity contribution in [3.63, 3.8) is 0 Å². The van der Waals surface area contributed by atoms with Crippen LogP contribution in [0.25, 0.3) is 0 Å². The summed E-state index contributed by atoms with van der Waals surface area (Å²) in [6, 6.07) is 4.94. The fraction of sp³-hybridized carbons (Fsp3) is 0.500. The highest BCUT2D eigenvalue weighted by atomic mass is 79.9. The van der Waals surface area contributed by atoms with Crippen LogP contribution in [0.5, 0.6) is 5.75 Å². The molecule has 3 N–H and O–H groups in total. The molecule has 0 heterocycles. The van der Waals surface area contributed by atoms with Gasteiger partial charge < -0.3 is 15.8 Å². The molecule has 0 unspecified atom stereocenters. The minimum atomic E-state index is -0.520. The monoisotopic (exact) mass is 328 g/mol. The van der Waals surface area contributed by atoms with Crippen LogP contribution in [0.4, 0.5) is 5.69 Å². The molecule has 4 nitrogen and oxygen atoms in total. The third kappa shape index (κ3) is 5.20. The fourth-order valence-corrected chi connectivity index (χ4v) is 1.98. The van der Waals surface area contributed by atoms with Gasteiger partial charge in [0.15, 0.2) is 0 Å². The van der Waals surface area contributed by atoms with Gasteiger partial charge in [-0.1, -0.05) is 29.8 Å². The molecule has 0 aliphatic rings. The van der Waals surface area contributed by atoms with Crippen molar-refractivity contribution in [3.05, 3.63) is 22.7 Å². The van der Waals surface area contributed by atoms with Gasteiger partial charge in [0.05, 0.1) is 12.1 Å². The standard InChI is InChI=1S/C14H21BrN2O2/c1-8(2)13(16)14(18)17-11-5-10(15)6-12(7-11)19-9(3)4/h5-9,13H,16H2,1-4H3,(H,17,18)/t13-/m0/s1. The van der Waals surface area contributed by atoms with E-state index in [1.807, 2.05) is 39.8 Å². The predicted octanol–water partition coefficient (Wildman–Crippen LogP) is 3.16. The second kappa shape index (κ2) is 6.91. The van der Waals surface area contributed by atoms with Crippen LogP contribution in [-0.2, 0) is 4.79 Å². The average molecular weight is 329 g/mol. The Bertz CT molecular complexity index is 447. The summed E-state index contributed by atoms with van der Waals surface area (Å²) >= 11 is 3.40. The number of hydrogen-bond acceptors (Lipinski definition) is 3. The number of rotatable bonds is 5. The molecule has 1 atom stereocenters. The van der Waals surface area contributed by atoms with Gasteiger partial charge in [-0.25, -0.2) is 0 Å². The van der Waals surface area contributed by atoms with Crippen molar-refractivity contribution < 1.29 is 9.53 Å². The lowest BCUT2D eigenvalue weighted by molar-refractivity contribution is -0.118. The summed E-state index contributed by atoms with van der Waals surface area (Å²) in [5.41, 5.74) is 6.48. The average Bonchev–Trinajstić information content (AvgIpc) is 2.25. The lowest BCUT2D eigenvalue weighted by atomic mass is 10.0. The number of halogens is 1. The number of hydrogen-bond donors (Lipinski definition) is 2. The van der Waals surface area contributed by atoms with E-state index in [2.05, 4.69) is 21.2 Å². The molecule has 0 saturated carbocycles. The lowest BCUT2D eigenvalue weighted by Crippen LogP contribution is -2.39. The molecular formula is C14H21BrN2O2. The van der Waals surface area contributed by atoms with E-state index in [9.17, 15) is 4.79 Å². The number of anilines is 1. The van der Waals surface area contributed by atoms with Gasteiger partial charge in [0.1, 0.15) is 5.75 Å². The van der Waals surface area contributed by atoms with Crippen LogP contribution in [-0.4, -0.2) is 18.1 Å². The van der Waals surface area contributed by atoms with E-state index >= 15 is 0 Å². The summed E-state index contributed by atoms with van der Waals surface area (Å²) in [7, 11) is 0. The van der Waals surface area contributed by atoms with Crippen molar-refractivity contribution >= 4 is 27.5 Å². The zero-order chi connectivity index (χ0) is 14.6. The van der Waals surface area contributed by atoms with Crippen molar-refractivity contribution in [2.75, 3.05) is 5.32 Å². The predicted molar refractivity (Wildman–Crippen MR) is 81.3 cm³/mol. The van der Waals surface area contributed by atoms with E-state index in [4.69, 9.17) is 10.5 Å². The van der Waals surface area contributed by atoms with Gasteiger partial charge in [0.25, 0.3) is 0 Å². The Morgan fingerprint density at radius 1 is 1.26 bits per heavy atom. The molecule has 1 aromatic carbocycles. The first-order chi connectivity index (χ1) is 8.79. The Balaban J connectivity index is 2.83. The van der Waals surface area contributed by atoms with Gasteiger partial charge in [-0.3, -0.25) is 4.79 Å². The van der Waals surface area contributed by atoms with Crippen LogP contribution < -0.4 is 15.8 Å². The molecule has 0 spiro atoms. The van der Waals surface area contributed by atoms with Crippen molar-refractivity contribution in [3.8, 4) is 5.75 Å². The number of benzene rings is 1. The number of nitrogens with two attached hydrogens (primary N) is 1. The Morgan fingerprint density at radius 3 is 2.42 bits per heavy atom. The number of nitrogens with one attached hydrogen (secondary N) is 1. The highest BCUT2D eigenvalue weighted by molar-refractivity contribution is 9.10. The van der Waals surface area contributed by atoms with Gasteiger partial charge in [0, 0.05) is 16.2 Å². The van der Waals surface area contributed by atoms with Crippen molar-refractivity contribution in [1.82, 2.24) is 0 Å². The smallest absolute Gasteiger partial charge is 0.241 e. The van der Waals surface area contributed by atoms with Crippen LogP contribution in [0, 0.1) is 5.92 Å². The van der Waals surface area contributed by atoms with Gasteiger partial charge in [-0.05, 0) is 31.9 Å². The second-order valence-corrected chi connectivity index (χ2v) is 6.02. The number of carbonyl (C=O) groups is 1. The molecule has 106 valence electrons. The molecule has 0 radical (unpaired) electrons. The maximum absolute atomic E-state index is 11.9. The largest absolute Gasteiger partial charge is 0.491 e. The first-order valence-electron chi connectivity index (χ1n) is 6.33. The van der Waals surface area contributed by atoms with Gasteiger partial charge in [-0.2, -0.15) is 0 Å². The molecule has 1 amide bonds. The van der Waals surface area contributed by atoms with Crippen LogP contribution in [0.3, 0.4) is 0 Å². The van der Waals surface area contributed by atoms with E-state index in [1.165, 1.54) is 0 Å². The van der Waals surface area contributed by atoms with Gasteiger partial charge >= 0.3 is 0 Å². The summed E-state index contributed by atoms with van der Waals surface area (Å²) < 4.78 is 6.46. The zero-order valence-electron chi connectivity index (χ0n) is 11.7. The Hall–Kier alpha value is -1.07. The van der Waals surface area contributed by atoms with E-state index in [0.717, 1.165) is 4.47 Å². The normalized spacial score (nSPS) is 12.6. The zero-order valence-corrected chi connectivity index (χ0v) is 13.3. The molecule has 0 bridgehead atoms. The van der Waals surface area contributed by atoms with E-state index < -0.39 is 6.04 Å². The van der Waals surface area contributed by atoms with Crippen molar-refractivity contribution in [2.24, 2.45) is 11.7 Å². The first-order valence-corrected chi connectivity index (χ1v) is 7.12. The maximum Gasteiger partial charge on any atom is 0.241 e. The second-order valence-electron chi connectivity index (χ2n) is 5.10. The molecule has 1 rings (SSSR count). The third-order valence-corrected chi connectivity index (χ3v) is 2.99. The topological polar surface area (TPSA) is 64.3 Å². The molecular weight excluding hydrogens is 308 g/mol. The summed E-state index contributed by atoms with van der Waals surface area (Å²) in [4.78, 5) is 11.9. The van der Waals surface area contributed by atoms with Crippen molar-refractivity contribution in [1.29, 1.82) is 0 Å². The Labute approximate surface area is 122 Å². The highest BCUT2D eigenvalue weighted by Crippen LogP contribution is 2.25. The highest BCUT2D eigenvalue weighted by Gasteiger charge is 2.17. The van der Waals surface area contributed by atoms with Gasteiger partial charge in [-0.15, -0.1) is 0 Å². The summed E-state index contributed by atoms with van der Waals surface area (Å²) in [6.45, 7) is 7.73. The van der Waals surface area contributed by atoms with Crippen LogP contribution in [0.2, 0.25) is 0 Å². The molecule has 5 heteroatoms. The minimum Gasteiger partial charge on any atom is -0.491 e.